The summed E-state index contributed by atoms with van der Waals surface area (Å²) in [4.78, 5) is 8.96. The van der Waals surface area contributed by atoms with E-state index >= 15 is 0 Å². The van der Waals surface area contributed by atoms with Gasteiger partial charge in [-0.3, -0.25) is 0 Å². The monoisotopic (exact) mass is 244 g/mol. The van der Waals surface area contributed by atoms with Gasteiger partial charge in [-0.1, -0.05) is 12.1 Å². The Morgan fingerprint density at radius 2 is 1.06 bits per heavy atom. The number of fused-ring (bicyclic) bond motifs is 2. The molecule has 10 N–H and O–H groups in total. The zero-order valence-electron chi connectivity index (χ0n) is 9.93. The minimum absolute atomic E-state index is 0. The van der Waals surface area contributed by atoms with Gasteiger partial charge < -0.3 is 23.8 Å². The molecule has 1 aromatic heterocycles. The van der Waals surface area contributed by atoms with Gasteiger partial charge in [0.2, 0.25) is 0 Å². The lowest BCUT2D eigenvalue weighted by Gasteiger charge is -2.04. The van der Waals surface area contributed by atoms with Gasteiger partial charge in [-0.25, -0.2) is 9.97 Å². The molecule has 94 valence electrons. The van der Waals surface area contributed by atoms with E-state index in [1.54, 1.807) is 12.1 Å². The second-order valence-corrected chi connectivity index (χ2v) is 3.68. The highest BCUT2D eigenvalue weighted by atomic mass is 14.8. The number of nitrogens with zero attached hydrogens (tertiary/aromatic N) is 2. The minimum Gasteiger partial charge on any atom is -0.397 e. The molecule has 0 aliphatic heterocycles. The highest BCUT2D eigenvalue weighted by molar-refractivity contribution is 5.91. The maximum absolute atomic E-state index is 5.74. The Balaban J connectivity index is 0.000000810. The topological polar surface area (TPSA) is 148 Å². The van der Waals surface area contributed by atoms with Crippen molar-refractivity contribution in [3.8, 4) is 0 Å². The van der Waals surface area contributed by atoms with Crippen molar-refractivity contribution < 1.29 is 0 Å². The molecule has 3 rings (SSSR count). The van der Waals surface area contributed by atoms with Gasteiger partial charge in [0.1, 0.15) is 0 Å². The summed E-state index contributed by atoms with van der Waals surface area (Å²) in [5.41, 5.74) is 15.8. The van der Waals surface area contributed by atoms with E-state index in [-0.39, 0.29) is 12.3 Å². The van der Waals surface area contributed by atoms with E-state index in [0.717, 1.165) is 22.1 Å². The fraction of sp³-hybridized carbons (Fsp3) is 0. The zero-order valence-corrected chi connectivity index (χ0v) is 9.93. The molecule has 2 aromatic carbocycles. The third-order valence-corrected chi connectivity index (χ3v) is 2.54. The summed E-state index contributed by atoms with van der Waals surface area (Å²) < 4.78 is 0. The minimum atomic E-state index is 0. The number of hydrogen-bond donors (Lipinski definition) is 4. The van der Waals surface area contributed by atoms with Crippen molar-refractivity contribution in [3.63, 3.8) is 0 Å². The van der Waals surface area contributed by atoms with Crippen LogP contribution in [-0.4, -0.2) is 9.97 Å². The molecule has 0 radical (unpaired) electrons. The summed E-state index contributed by atoms with van der Waals surface area (Å²) >= 11 is 0. The van der Waals surface area contributed by atoms with Crippen LogP contribution in [0.3, 0.4) is 0 Å². The molecule has 0 aliphatic rings. The van der Waals surface area contributed by atoms with Crippen molar-refractivity contribution >= 4 is 33.4 Å². The predicted octanol–water partition coefficient (Wildman–Crippen LogP) is 2.27. The fourth-order valence-electron chi connectivity index (χ4n) is 1.70. The second-order valence-electron chi connectivity index (χ2n) is 3.68. The summed E-state index contributed by atoms with van der Waals surface area (Å²) in [6.07, 6.45) is 0. The summed E-state index contributed by atoms with van der Waals surface area (Å²) in [7, 11) is 0. The van der Waals surface area contributed by atoms with Gasteiger partial charge >= 0.3 is 0 Å². The van der Waals surface area contributed by atoms with Crippen molar-refractivity contribution in [3.05, 3.63) is 36.4 Å². The standard InChI is InChI=1S/C12H10N4.2H3N/c13-7-5-11-12(6-8(7)14)16-10-4-2-1-3-9(10)15-11;;/h1-6H,13-14H2;2*1H3. The SMILES string of the molecule is N.N.Nc1cc2nc3ccccc3nc2cc1N. The predicted molar refractivity (Wildman–Crippen MR) is 75.9 cm³/mol. The first kappa shape index (κ1) is 13.6. The highest BCUT2D eigenvalue weighted by Gasteiger charge is 2.03. The van der Waals surface area contributed by atoms with E-state index in [1.807, 2.05) is 24.3 Å². The highest BCUT2D eigenvalue weighted by Crippen LogP contribution is 2.22. The van der Waals surface area contributed by atoms with Gasteiger partial charge in [0, 0.05) is 0 Å². The van der Waals surface area contributed by atoms with E-state index in [0.29, 0.717) is 11.4 Å². The molecule has 0 atom stereocenters. The van der Waals surface area contributed by atoms with Crippen molar-refractivity contribution in [1.82, 2.24) is 22.3 Å². The number of anilines is 2. The molecule has 0 saturated heterocycles. The lowest BCUT2D eigenvalue weighted by Crippen LogP contribution is -1.96. The molecular weight excluding hydrogens is 228 g/mol. The Morgan fingerprint density at radius 1 is 0.667 bits per heavy atom. The van der Waals surface area contributed by atoms with Crippen LogP contribution >= 0.6 is 0 Å². The lowest BCUT2D eigenvalue weighted by molar-refractivity contribution is 1.40. The first-order chi connectivity index (χ1) is 7.74. The van der Waals surface area contributed by atoms with Gasteiger partial charge in [-0.2, -0.15) is 0 Å². The van der Waals surface area contributed by atoms with Crippen LogP contribution in [0.5, 0.6) is 0 Å². The Morgan fingerprint density at radius 3 is 1.44 bits per heavy atom. The van der Waals surface area contributed by atoms with E-state index in [1.165, 1.54) is 0 Å². The molecule has 0 amide bonds. The third kappa shape index (κ3) is 2.02. The van der Waals surface area contributed by atoms with Crippen LogP contribution in [-0.2, 0) is 0 Å². The molecule has 0 saturated carbocycles. The van der Waals surface area contributed by atoms with E-state index in [9.17, 15) is 0 Å². The van der Waals surface area contributed by atoms with Gasteiger partial charge in [0.05, 0.1) is 33.4 Å². The largest absolute Gasteiger partial charge is 0.397 e. The molecule has 0 fully saturated rings. The Hall–Kier alpha value is -2.44. The quantitative estimate of drug-likeness (QED) is 0.352. The van der Waals surface area contributed by atoms with Crippen molar-refractivity contribution in [2.75, 3.05) is 11.5 Å². The van der Waals surface area contributed by atoms with Crippen LogP contribution in [0, 0.1) is 0 Å². The number of aromatic nitrogens is 2. The van der Waals surface area contributed by atoms with E-state index < -0.39 is 0 Å². The van der Waals surface area contributed by atoms with Crippen molar-refractivity contribution in [2.45, 2.75) is 0 Å². The molecule has 0 bridgehead atoms. The number of hydrogen-bond acceptors (Lipinski definition) is 6. The van der Waals surface area contributed by atoms with Crippen LogP contribution in [0.2, 0.25) is 0 Å². The Bertz CT molecular complexity index is 635. The molecule has 18 heavy (non-hydrogen) atoms. The fourth-order valence-corrected chi connectivity index (χ4v) is 1.70. The Kier molecular flexibility index (Phi) is 3.65. The van der Waals surface area contributed by atoms with Gasteiger partial charge in [0.25, 0.3) is 0 Å². The number of rotatable bonds is 0. The van der Waals surface area contributed by atoms with Crippen LogP contribution < -0.4 is 23.8 Å². The van der Waals surface area contributed by atoms with Gasteiger partial charge in [0.15, 0.2) is 0 Å². The average Bonchev–Trinajstić information content (AvgIpc) is 2.28. The van der Waals surface area contributed by atoms with E-state index in [4.69, 9.17) is 11.5 Å². The maximum atomic E-state index is 5.74. The first-order valence-electron chi connectivity index (χ1n) is 4.95. The maximum Gasteiger partial charge on any atom is 0.0916 e. The van der Waals surface area contributed by atoms with Gasteiger partial charge in [-0.05, 0) is 24.3 Å². The van der Waals surface area contributed by atoms with E-state index in [2.05, 4.69) is 9.97 Å². The van der Waals surface area contributed by atoms with Crippen LogP contribution in [0.4, 0.5) is 11.4 Å². The number of para-hydroxylation sites is 2. The molecule has 0 spiro atoms. The van der Waals surface area contributed by atoms with Crippen molar-refractivity contribution in [1.29, 1.82) is 0 Å². The Labute approximate surface area is 104 Å². The second kappa shape index (κ2) is 4.82. The smallest absolute Gasteiger partial charge is 0.0916 e. The summed E-state index contributed by atoms with van der Waals surface area (Å²) in [5.74, 6) is 0. The molecular formula is C12H16N6. The number of nitrogens with two attached hydrogens (primary N) is 2. The summed E-state index contributed by atoms with van der Waals surface area (Å²) in [6, 6.07) is 11.2. The molecule has 3 aromatic rings. The average molecular weight is 244 g/mol. The summed E-state index contributed by atoms with van der Waals surface area (Å²) in [6.45, 7) is 0. The molecule has 0 unspecified atom stereocenters. The van der Waals surface area contributed by atoms with Crippen LogP contribution in [0.25, 0.3) is 22.1 Å². The molecule has 1 heterocycles. The molecule has 0 aliphatic carbocycles. The zero-order chi connectivity index (χ0) is 11.1. The third-order valence-electron chi connectivity index (χ3n) is 2.54. The molecule has 6 heteroatoms. The molecule has 6 nitrogen and oxygen atoms in total. The number of benzene rings is 2. The summed E-state index contributed by atoms with van der Waals surface area (Å²) in [5, 5.41) is 0. The van der Waals surface area contributed by atoms with Crippen molar-refractivity contribution in [2.24, 2.45) is 0 Å². The van der Waals surface area contributed by atoms with Gasteiger partial charge in [-0.15, -0.1) is 0 Å². The number of nitrogen functional groups attached to an aromatic ring is 2. The first-order valence-corrected chi connectivity index (χ1v) is 4.95. The normalized spacial score (nSPS) is 9.78. The lowest BCUT2D eigenvalue weighted by atomic mass is 10.2. The van der Waals surface area contributed by atoms with Crippen LogP contribution in [0.15, 0.2) is 36.4 Å². The van der Waals surface area contributed by atoms with Crippen LogP contribution in [0.1, 0.15) is 0 Å².